The first-order valence-electron chi connectivity index (χ1n) is 9.76. The highest BCUT2D eigenvalue weighted by Crippen LogP contribution is 2.39. The van der Waals surface area contributed by atoms with E-state index < -0.39 is 0 Å². The second-order valence-electron chi connectivity index (χ2n) is 7.64. The van der Waals surface area contributed by atoms with Crippen molar-refractivity contribution >= 4 is 43.7 Å². The number of rotatable bonds is 4. The predicted molar refractivity (Wildman–Crippen MR) is 120 cm³/mol. The van der Waals surface area contributed by atoms with Crippen LogP contribution >= 0.6 is 0 Å². The fraction of sp³-hybridized carbons (Fsp3) is 0.154. The Morgan fingerprint density at radius 3 is 1.71 bits per heavy atom. The van der Waals surface area contributed by atoms with Crippen molar-refractivity contribution in [2.24, 2.45) is 0 Å². The Morgan fingerprint density at radius 2 is 1.18 bits per heavy atom. The van der Waals surface area contributed by atoms with E-state index in [1.165, 1.54) is 43.7 Å². The van der Waals surface area contributed by atoms with E-state index in [2.05, 4.69) is 85.5 Å². The van der Waals surface area contributed by atoms with Crippen LogP contribution in [0, 0.1) is 0 Å². The van der Waals surface area contributed by atoms with Gasteiger partial charge in [-0.1, -0.05) is 42.5 Å². The molecule has 28 heavy (non-hydrogen) atoms. The van der Waals surface area contributed by atoms with Crippen LogP contribution in [-0.4, -0.2) is 13.2 Å². The molecule has 0 aliphatic rings. The molecule has 0 bridgehead atoms. The van der Waals surface area contributed by atoms with E-state index in [0.29, 0.717) is 6.04 Å². The summed E-state index contributed by atoms with van der Waals surface area (Å²) >= 11 is 0. The third-order valence-corrected chi connectivity index (χ3v) is 5.59. The van der Waals surface area contributed by atoms with Crippen LogP contribution in [0.15, 0.2) is 78.9 Å². The topological polar surface area (TPSA) is 12.5 Å². The second kappa shape index (κ2) is 6.42. The SMILES string of the molecule is COc1ccc(N(c2cc3ccc4cccc5ccc(c2)c3c45)C(C)C)cc1. The summed E-state index contributed by atoms with van der Waals surface area (Å²) < 4.78 is 5.33. The number of hydrogen-bond donors (Lipinski definition) is 0. The Balaban J connectivity index is 1.74. The van der Waals surface area contributed by atoms with Crippen LogP contribution in [0.3, 0.4) is 0 Å². The largest absolute Gasteiger partial charge is 0.497 e. The number of benzene rings is 5. The van der Waals surface area contributed by atoms with Gasteiger partial charge in [-0.3, -0.25) is 0 Å². The van der Waals surface area contributed by atoms with Crippen LogP contribution in [0.1, 0.15) is 13.8 Å². The molecule has 0 saturated heterocycles. The minimum absolute atomic E-state index is 0.335. The zero-order chi connectivity index (χ0) is 19.3. The predicted octanol–water partition coefficient (Wildman–Crippen LogP) is 7.14. The van der Waals surface area contributed by atoms with Gasteiger partial charge in [0.25, 0.3) is 0 Å². The van der Waals surface area contributed by atoms with Gasteiger partial charge in [-0.15, -0.1) is 0 Å². The lowest BCUT2D eigenvalue weighted by molar-refractivity contribution is 0.415. The molecule has 2 nitrogen and oxygen atoms in total. The number of nitrogens with zero attached hydrogens (tertiary/aromatic N) is 1. The third-order valence-electron chi connectivity index (χ3n) is 5.59. The van der Waals surface area contributed by atoms with Gasteiger partial charge < -0.3 is 9.64 Å². The summed E-state index contributed by atoms with van der Waals surface area (Å²) in [4.78, 5) is 2.38. The molecule has 0 heterocycles. The van der Waals surface area contributed by atoms with E-state index >= 15 is 0 Å². The van der Waals surface area contributed by atoms with Crippen LogP contribution < -0.4 is 9.64 Å². The summed E-state index contributed by atoms with van der Waals surface area (Å²) in [7, 11) is 1.70. The molecule has 0 fully saturated rings. The molecule has 5 aromatic rings. The molecular formula is C26H23NO. The van der Waals surface area contributed by atoms with E-state index in [9.17, 15) is 0 Å². The Morgan fingerprint density at radius 1 is 0.643 bits per heavy atom. The Kier molecular flexibility index (Phi) is 3.87. The third kappa shape index (κ3) is 2.56. The maximum Gasteiger partial charge on any atom is 0.119 e. The fourth-order valence-electron chi connectivity index (χ4n) is 4.36. The molecule has 5 rings (SSSR count). The molecule has 0 N–H and O–H groups in total. The molecule has 0 radical (unpaired) electrons. The lowest BCUT2D eigenvalue weighted by Crippen LogP contribution is -2.25. The van der Waals surface area contributed by atoms with Gasteiger partial charge in [0.2, 0.25) is 0 Å². The highest BCUT2D eigenvalue weighted by atomic mass is 16.5. The average molecular weight is 365 g/mol. The van der Waals surface area contributed by atoms with Crippen molar-refractivity contribution in [2.75, 3.05) is 12.0 Å². The molecule has 2 heteroatoms. The maximum atomic E-state index is 5.33. The first kappa shape index (κ1) is 16.9. The minimum atomic E-state index is 0.335. The standard InChI is InChI=1S/C26H23NO/c1-17(2)27(22-11-13-24(28-3)14-12-22)23-15-20-9-7-18-5-4-6-19-8-10-21(16-23)26(20)25(18)19/h4-17H,1-3H3. The molecule has 0 aliphatic carbocycles. The second-order valence-corrected chi connectivity index (χ2v) is 7.64. The van der Waals surface area contributed by atoms with E-state index in [1.807, 2.05) is 12.1 Å². The minimum Gasteiger partial charge on any atom is -0.497 e. The summed E-state index contributed by atoms with van der Waals surface area (Å²) in [6, 6.07) is 28.8. The zero-order valence-corrected chi connectivity index (χ0v) is 16.4. The van der Waals surface area contributed by atoms with Crippen LogP contribution in [0.4, 0.5) is 11.4 Å². The van der Waals surface area contributed by atoms with Gasteiger partial charge in [-0.05, 0) is 82.6 Å². The van der Waals surface area contributed by atoms with Crippen LogP contribution in [0.5, 0.6) is 5.75 Å². The van der Waals surface area contributed by atoms with E-state index in [4.69, 9.17) is 4.74 Å². The molecule has 0 aromatic heterocycles. The number of methoxy groups -OCH3 is 1. The Bertz CT molecular complexity index is 1210. The maximum absolute atomic E-state index is 5.33. The van der Waals surface area contributed by atoms with Gasteiger partial charge in [0.15, 0.2) is 0 Å². The van der Waals surface area contributed by atoms with E-state index in [0.717, 1.165) is 5.75 Å². The molecule has 5 aromatic carbocycles. The number of ether oxygens (including phenoxy) is 1. The average Bonchev–Trinajstić information content (AvgIpc) is 2.72. The lowest BCUT2D eigenvalue weighted by Gasteiger charge is -2.30. The summed E-state index contributed by atoms with van der Waals surface area (Å²) in [5, 5.41) is 7.91. The number of anilines is 2. The van der Waals surface area contributed by atoms with Crippen LogP contribution in [0.2, 0.25) is 0 Å². The summed E-state index contributed by atoms with van der Waals surface area (Å²) in [5.41, 5.74) is 2.38. The van der Waals surface area contributed by atoms with Crippen LogP contribution in [0.25, 0.3) is 32.3 Å². The molecule has 138 valence electrons. The van der Waals surface area contributed by atoms with Crippen molar-refractivity contribution < 1.29 is 4.74 Å². The molecular weight excluding hydrogens is 342 g/mol. The van der Waals surface area contributed by atoms with Crippen molar-refractivity contribution in [2.45, 2.75) is 19.9 Å². The molecule has 0 unspecified atom stereocenters. The van der Waals surface area contributed by atoms with Crippen molar-refractivity contribution in [3.8, 4) is 5.75 Å². The molecule has 0 atom stereocenters. The Labute approximate surface area is 165 Å². The summed E-state index contributed by atoms with van der Waals surface area (Å²) in [5.74, 6) is 0.878. The zero-order valence-electron chi connectivity index (χ0n) is 16.4. The fourth-order valence-corrected chi connectivity index (χ4v) is 4.36. The summed E-state index contributed by atoms with van der Waals surface area (Å²) in [6.45, 7) is 4.46. The molecule has 0 aliphatic heterocycles. The van der Waals surface area contributed by atoms with Crippen molar-refractivity contribution in [1.29, 1.82) is 0 Å². The van der Waals surface area contributed by atoms with Gasteiger partial charge in [0.05, 0.1) is 7.11 Å². The highest BCUT2D eigenvalue weighted by molar-refractivity contribution is 6.23. The molecule has 0 spiro atoms. The van der Waals surface area contributed by atoms with Crippen molar-refractivity contribution in [3.63, 3.8) is 0 Å². The van der Waals surface area contributed by atoms with Crippen LogP contribution in [-0.2, 0) is 0 Å². The summed E-state index contributed by atoms with van der Waals surface area (Å²) in [6.07, 6.45) is 0. The molecule has 0 amide bonds. The van der Waals surface area contributed by atoms with E-state index in [1.54, 1.807) is 7.11 Å². The quantitative estimate of drug-likeness (QED) is 0.314. The Hall–Kier alpha value is -3.26. The van der Waals surface area contributed by atoms with Gasteiger partial charge in [-0.25, -0.2) is 0 Å². The first-order chi connectivity index (χ1) is 13.7. The first-order valence-corrected chi connectivity index (χ1v) is 9.76. The number of hydrogen-bond acceptors (Lipinski definition) is 2. The van der Waals surface area contributed by atoms with Gasteiger partial charge in [-0.2, -0.15) is 0 Å². The molecule has 0 saturated carbocycles. The van der Waals surface area contributed by atoms with Gasteiger partial charge in [0.1, 0.15) is 5.75 Å². The van der Waals surface area contributed by atoms with Gasteiger partial charge in [0, 0.05) is 17.4 Å². The van der Waals surface area contributed by atoms with E-state index in [-0.39, 0.29) is 0 Å². The van der Waals surface area contributed by atoms with Crippen molar-refractivity contribution in [3.05, 3.63) is 78.9 Å². The lowest BCUT2D eigenvalue weighted by atomic mass is 9.93. The van der Waals surface area contributed by atoms with Crippen molar-refractivity contribution in [1.82, 2.24) is 0 Å². The highest BCUT2D eigenvalue weighted by Gasteiger charge is 2.16. The smallest absolute Gasteiger partial charge is 0.119 e. The monoisotopic (exact) mass is 365 g/mol. The normalized spacial score (nSPS) is 11.7. The van der Waals surface area contributed by atoms with Gasteiger partial charge >= 0.3 is 0 Å².